The van der Waals surface area contributed by atoms with E-state index >= 15 is 0 Å². The summed E-state index contributed by atoms with van der Waals surface area (Å²) in [6.45, 7) is 0.474. The molecule has 5 heteroatoms. The molecule has 1 unspecified atom stereocenters. The Morgan fingerprint density at radius 1 is 1.07 bits per heavy atom. The van der Waals surface area contributed by atoms with Crippen LogP contribution in [-0.2, 0) is 12.8 Å². The van der Waals surface area contributed by atoms with E-state index in [1.54, 1.807) is 0 Å². The predicted octanol–water partition coefficient (Wildman–Crippen LogP) is 6.04. The fourth-order valence-corrected chi connectivity index (χ4v) is 3.49. The van der Waals surface area contributed by atoms with Crippen LogP contribution in [0.4, 0.5) is 17.6 Å². The van der Waals surface area contributed by atoms with E-state index < -0.39 is 24.0 Å². The molecule has 1 nitrogen and oxygen atoms in total. The number of hydrogen-bond acceptors (Lipinski definition) is 1. The first kappa shape index (κ1) is 20.0. The van der Waals surface area contributed by atoms with E-state index in [9.17, 15) is 17.6 Å². The lowest BCUT2D eigenvalue weighted by atomic mass is 9.81. The average molecular weight is 388 g/mol. The van der Waals surface area contributed by atoms with Crippen molar-refractivity contribution in [2.24, 2.45) is 5.92 Å². The third-order valence-electron chi connectivity index (χ3n) is 4.87. The molecule has 0 spiro atoms. The molecule has 1 atom stereocenters. The number of ether oxygens (including phenoxy) is 1. The van der Waals surface area contributed by atoms with Crippen LogP contribution in [0.3, 0.4) is 0 Å². The fraction of sp³-hybridized carbons (Fsp3) is 0.304. The second-order valence-electron chi connectivity index (χ2n) is 6.86. The summed E-state index contributed by atoms with van der Waals surface area (Å²) in [6.07, 6.45) is 7.27. The molecule has 0 N–H and O–H groups in total. The van der Waals surface area contributed by atoms with Crippen LogP contribution in [0.25, 0.3) is 0 Å². The van der Waals surface area contributed by atoms with Gasteiger partial charge in [-0.2, -0.15) is 8.78 Å². The number of benzene rings is 2. The average Bonchev–Trinajstić information content (AvgIpc) is 2.67. The van der Waals surface area contributed by atoms with Gasteiger partial charge in [-0.1, -0.05) is 24.0 Å². The first-order valence-electron chi connectivity index (χ1n) is 9.15. The number of halogens is 4. The molecule has 0 aliphatic heterocycles. The first-order valence-corrected chi connectivity index (χ1v) is 9.15. The Morgan fingerprint density at radius 3 is 2.46 bits per heavy atom. The molecular formula is C23H20F4O. The Hall–Kier alpha value is -2.74. The quantitative estimate of drug-likeness (QED) is 0.345. The lowest BCUT2D eigenvalue weighted by Gasteiger charge is -2.24. The largest absolute Gasteiger partial charge is 0.429 e. The van der Waals surface area contributed by atoms with E-state index in [0.29, 0.717) is 5.92 Å². The van der Waals surface area contributed by atoms with Crippen molar-refractivity contribution < 1.29 is 22.3 Å². The fourth-order valence-electron chi connectivity index (χ4n) is 3.49. The van der Waals surface area contributed by atoms with Gasteiger partial charge in [0, 0.05) is 11.1 Å². The molecular weight excluding hydrogens is 368 g/mol. The van der Waals surface area contributed by atoms with Crippen LogP contribution in [0, 0.1) is 29.4 Å². The summed E-state index contributed by atoms with van der Waals surface area (Å²) in [6, 6.07) is 7.72. The number of alkyl halides is 2. The summed E-state index contributed by atoms with van der Waals surface area (Å²) in [7, 11) is 0. The molecule has 0 saturated carbocycles. The SMILES string of the molecule is C=CCCC1CCc2cc(C#Cc3cc(F)c(OC(F)F)c(F)c3)ccc2C1. The molecule has 0 radical (unpaired) electrons. The number of rotatable bonds is 5. The van der Waals surface area contributed by atoms with Crippen molar-refractivity contribution in [1.82, 2.24) is 0 Å². The normalized spacial score (nSPS) is 15.5. The van der Waals surface area contributed by atoms with E-state index in [0.717, 1.165) is 49.8 Å². The highest BCUT2D eigenvalue weighted by atomic mass is 19.3. The Bertz CT molecular complexity index is 901. The Labute approximate surface area is 162 Å². The maximum absolute atomic E-state index is 13.8. The van der Waals surface area contributed by atoms with Crippen molar-refractivity contribution in [3.05, 3.63) is 76.9 Å². The van der Waals surface area contributed by atoms with Crippen LogP contribution < -0.4 is 4.74 Å². The van der Waals surface area contributed by atoms with E-state index in [-0.39, 0.29) is 5.56 Å². The standard InChI is InChI=1S/C23H20F4O/c1-2-3-4-15-7-9-19-12-16(8-10-18(19)11-15)5-6-17-13-20(24)22(21(25)14-17)28-23(26)27/h2,8,10,12-15,23H,1,3-4,7,9,11H2. The van der Waals surface area contributed by atoms with Gasteiger partial charge < -0.3 is 4.74 Å². The van der Waals surface area contributed by atoms with E-state index in [2.05, 4.69) is 29.2 Å². The van der Waals surface area contributed by atoms with E-state index in [4.69, 9.17) is 0 Å². The summed E-state index contributed by atoms with van der Waals surface area (Å²) < 4.78 is 55.8. The molecule has 146 valence electrons. The van der Waals surface area contributed by atoms with Gasteiger partial charge in [-0.05, 0) is 73.4 Å². The van der Waals surface area contributed by atoms with Crippen LogP contribution in [0.1, 0.15) is 41.5 Å². The predicted molar refractivity (Wildman–Crippen MR) is 100 cm³/mol. The zero-order valence-electron chi connectivity index (χ0n) is 15.3. The third kappa shape index (κ3) is 4.95. The second kappa shape index (κ2) is 8.97. The summed E-state index contributed by atoms with van der Waals surface area (Å²) in [5.41, 5.74) is 3.37. The lowest BCUT2D eigenvalue weighted by Crippen LogP contribution is -2.14. The molecule has 3 rings (SSSR count). The van der Waals surface area contributed by atoms with Gasteiger partial charge >= 0.3 is 6.61 Å². The molecule has 0 fully saturated rings. The number of aryl methyl sites for hydroxylation is 1. The first-order chi connectivity index (χ1) is 13.5. The van der Waals surface area contributed by atoms with Gasteiger partial charge in [-0.25, -0.2) is 8.78 Å². The van der Waals surface area contributed by atoms with Crippen molar-refractivity contribution in [2.75, 3.05) is 0 Å². The van der Waals surface area contributed by atoms with Gasteiger partial charge in [0.15, 0.2) is 17.4 Å². The second-order valence-corrected chi connectivity index (χ2v) is 6.86. The van der Waals surface area contributed by atoms with Gasteiger partial charge in [-0.15, -0.1) is 6.58 Å². The molecule has 0 aromatic heterocycles. The summed E-state index contributed by atoms with van der Waals surface area (Å²) in [4.78, 5) is 0. The molecule has 0 amide bonds. The van der Waals surface area contributed by atoms with Crippen molar-refractivity contribution in [3.63, 3.8) is 0 Å². The van der Waals surface area contributed by atoms with Gasteiger partial charge in [-0.3, -0.25) is 0 Å². The zero-order chi connectivity index (χ0) is 20.1. The summed E-state index contributed by atoms with van der Waals surface area (Å²) in [5, 5.41) is 0. The highest BCUT2D eigenvalue weighted by Gasteiger charge is 2.18. The molecule has 0 saturated heterocycles. The Balaban J connectivity index is 1.76. The van der Waals surface area contributed by atoms with Crippen molar-refractivity contribution in [2.45, 2.75) is 38.7 Å². The zero-order valence-corrected chi connectivity index (χ0v) is 15.3. The Kier molecular flexibility index (Phi) is 6.41. The van der Waals surface area contributed by atoms with Crippen LogP contribution in [0.2, 0.25) is 0 Å². The lowest BCUT2D eigenvalue weighted by molar-refractivity contribution is -0.0546. The molecule has 1 aliphatic carbocycles. The van der Waals surface area contributed by atoms with Crippen molar-refractivity contribution in [1.29, 1.82) is 0 Å². The van der Waals surface area contributed by atoms with Crippen molar-refractivity contribution >= 4 is 0 Å². The van der Waals surface area contributed by atoms with Gasteiger partial charge in [0.1, 0.15) is 0 Å². The molecule has 2 aromatic carbocycles. The van der Waals surface area contributed by atoms with Crippen LogP contribution in [-0.4, -0.2) is 6.61 Å². The minimum absolute atomic E-state index is 0.0545. The highest BCUT2D eigenvalue weighted by Crippen LogP contribution is 2.29. The minimum atomic E-state index is -3.30. The minimum Gasteiger partial charge on any atom is -0.429 e. The molecule has 2 aromatic rings. The van der Waals surface area contributed by atoms with E-state index in [1.807, 2.05) is 18.2 Å². The van der Waals surface area contributed by atoms with Gasteiger partial charge in [0.2, 0.25) is 0 Å². The molecule has 0 heterocycles. The third-order valence-corrected chi connectivity index (χ3v) is 4.87. The van der Waals surface area contributed by atoms with Gasteiger partial charge in [0.25, 0.3) is 0 Å². The smallest absolute Gasteiger partial charge is 0.387 e. The number of fused-ring (bicyclic) bond motifs is 1. The van der Waals surface area contributed by atoms with Crippen LogP contribution in [0.5, 0.6) is 5.75 Å². The van der Waals surface area contributed by atoms with Crippen molar-refractivity contribution in [3.8, 4) is 17.6 Å². The monoisotopic (exact) mass is 388 g/mol. The summed E-state index contributed by atoms with van der Waals surface area (Å²) in [5.74, 6) is 2.72. The van der Waals surface area contributed by atoms with Crippen LogP contribution >= 0.6 is 0 Å². The Morgan fingerprint density at radius 2 is 1.79 bits per heavy atom. The van der Waals surface area contributed by atoms with Gasteiger partial charge in [0.05, 0.1) is 0 Å². The maximum Gasteiger partial charge on any atom is 0.387 e. The molecule has 1 aliphatic rings. The number of allylic oxidation sites excluding steroid dienone is 1. The van der Waals surface area contributed by atoms with E-state index in [1.165, 1.54) is 11.1 Å². The molecule has 28 heavy (non-hydrogen) atoms. The van der Waals surface area contributed by atoms with Crippen LogP contribution in [0.15, 0.2) is 43.0 Å². The molecule has 0 bridgehead atoms. The number of hydrogen-bond donors (Lipinski definition) is 0. The summed E-state index contributed by atoms with van der Waals surface area (Å²) >= 11 is 0. The topological polar surface area (TPSA) is 9.23 Å². The highest BCUT2D eigenvalue weighted by molar-refractivity contribution is 5.48. The maximum atomic E-state index is 13.8.